The molecule has 0 saturated carbocycles. The maximum atomic E-state index is 12.0. The third kappa shape index (κ3) is 7.90. The van der Waals surface area contributed by atoms with E-state index >= 15 is 0 Å². The van der Waals surface area contributed by atoms with Gasteiger partial charge in [0.25, 0.3) is 0 Å². The number of nitrogens with zero attached hydrogens (tertiary/aromatic N) is 2. The maximum Gasteiger partial charge on any atom is 0.317 e. The Morgan fingerprint density at radius 3 is 2.27 bits per heavy atom. The summed E-state index contributed by atoms with van der Waals surface area (Å²) in [6, 6.07) is 8.59. The first-order valence-corrected chi connectivity index (χ1v) is 11.1. The lowest BCUT2D eigenvalue weighted by Crippen LogP contribution is -2.38. The van der Waals surface area contributed by atoms with Crippen molar-refractivity contribution in [3.05, 3.63) is 35.4 Å². The van der Waals surface area contributed by atoms with Gasteiger partial charge in [-0.2, -0.15) is 0 Å². The van der Waals surface area contributed by atoms with Crippen LogP contribution in [0.2, 0.25) is 0 Å². The van der Waals surface area contributed by atoms with Crippen LogP contribution in [0.3, 0.4) is 0 Å². The summed E-state index contributed by atoms with van der Waals surface area (Å²) in [6.45, 7) is 7.28. The molecule has 1 saturated heterocycles. The first kappa shape index (κ1) is 24.1. The molecule has 1 amide bonds. The number of hydrogen-bond donors (Lipinski definition) is 0. The van der Waals surface area contributed by atoms with Gasteiger partial charge < -0.3 is 14.1 Å². The quantitative estimate of drug-likeness (QED) is 0.225. The van der Waals surface area contributed by atoms with Gasteiger partial charge in [0.1, 0.15) is 6.54 Å². The fraction of sp³-hybridized carbons (Fsp3) is 0.625. The number of amides is 1. The second-order valence-electron chi connectivity index (χ2n) is 9.06. The zero-order valence-electron chi connectivity index (χ0n) is 19.0. The van der Waals surface area contributed by atoms with Gasteiger partial charge in [0.05, 0.1) is 33.0 Å². The number of cyclic esters (lactones) is 2. The van der Waals surface area contributed by atoms with Crippen molar-refractivity contribution in [1.82, 2.24) is 4.90 Å². The van der Waals surface area contributed by atoms with Gasteiger partial charge in [0, 0.05) is 25.6 Å². The number of quaternary nitrogens is 1. The highest BCUT2D eigenvalue weighted by Crippen LogP contribution is 2.22. The van der Waals surface area contributed by atoms with Crippen molar-refractivity contribution in [2.24, 2.45) is 5.92 Å². The topological polar surface area (TPSA) is 63.7 Å². The summed E-state index contributed by atoms with van der Waals surface area (Å²) in [5, 5.41) is 0. The van der Waals surface area contributed by atoms with E-state index in [1.165, 1.54) is 5.56 Å². The average Bonchev–Trinajstić information content (AvgIpc) is 3.01. The predicted molar refractivity (Wildman–Crippen MR) is 116 cm³/mol. The molecular weight excluding hydrogens is 380 g/mol. The number of hydrogen-bond acceptors (Lipinski definition) is 4. The van der Waals surface area contributed by atoms with Crippen LogP contribution in [-0.4, -0.2) is 54.4 Å². The van der Waals surface area contributed by atoms with Gasteiger partial charge in [-0.1, -0.05) is 43.5 Å². The highest BCUT2D eigenvalue weighted by Gasteiger charge is 2.32. The molecule has 1 atom stereocenters. The number of benzene rings is 1. The first-order chi connectivity index (χ1) is 14.2. The van der Waals surface area contributed by atoms with Crippen LogP contribution in [0, 0.1) is 5.92 Å². The number of unbranched alkanes of at least 4 members (excludes halogenated alkanes) is 3. The molecule has 0 bridgehead atoms. The number of rotatable bonds is 12. The van der Waals surface area contributed by atoms with E-state index in [1.54, 1.807) is 6.92 Å². The summed E-state index contributed by atoms with van der Waals surface area (Å²) < 4.78 is 5.54. The van der Waals surface area contributed by atoms with Crippen molar-refractivity contribution in [3.63, 3.8) is 0 Å². The van der Waals surface area contributed by atoms with E-state index in [4.69, 9.17) is 0 Å². The van der Waals surface area contributed by atoms with Gasteiger partial charge in [-0.15, -0.1) is 0 Å². The van der Waals surface area contributed by atoms with Crippen molar-refractivity contribution in [2.45, 2.75) is 65.5 Å². The molecule has 6 nitrogen and oxygen atoms in total. The summed E-state index contributed by atoms with van der Waals surface area (Å²) in [6.07, 6.45) is 4.77. The van der Waals surface area contributed by atoms with Crippen LogP contribution in [0.4, 0.5) is 0 Å². The van der Waals surface area contributed by atoms with E-state index in [2.05, 4.69) is 50.0 Å². The first-order valence-electron chi connectivity index (χ1n) is 11.1. The lowest BCUT2D eigenvalue weighted by Gasteiger charge is -2.28. The van der Waals surface area contributed by atoms with Gasteiger partial charge in [-0.05, 0) is 25.3 Å². The summed E-state index contributed by atoms with van der Waals surface area (Å²) >= 11 is 0. The van der Waals surface area contributed by atoms with E-state index in [-0.39, 0.29) is 24.2 Å². The Labute approximate surface area is 180 Å². The van der Waals surface area contributed by atoms with Crippen molar-refractivity contribution in [1.29, 1.82) is 0 Å². The molecule has 166 valence electrons. The predicted octanol–water partition coefficient (Wildman–Crippen LogP) is 3.67. The molecule has 1 aliphatic heterocycles. The van der Waals surface area contributed by atoms with E-state index in [0.29, 0.717) is 13.0 Å². The van der Waals surface area contributed by atoms with Gasteiger partial charge in [-0.3, -0.25) is 14.4 Å². The minimum Gasteiger partial charge on any atom is -0.393 e. The lowest BCUT2D eigenvalue weighted by molar-refractivity contribution is -0.901. The molecule has 1 unspecified atom stereocenters. The fourth-order valence-corrected chi connectivity index (χ4v) is 3.71. The molecule has 0 spiro atoms. The molecule has 1 fully saturated rings. The van der Waals surface area contributed by atoms with Crippen LogP contribution in [0.15, 0.2) is 24.3 Å². The SMILES string of the molecule is CC[N+](C)(C)Cc1ccc(CN(CCCCCCC2CC(=O)OC2=O)C(C)=O)cc1. The van der Waals surface area contributed by atoms with E-state index in [1.807, 2.05) is 4.90 Å². The van der Waals surface area contributed by atoms with Crippen molar-refractivity contribution in [3.8, 4) is 0 Å². The minimum atomic E-state index is -0.400. The van der Waals surface area contributed by atoms with Crippen LogP contribution < -0.4 is 0 Å². The minimum absolute atomic E-state index is 0.0927. The van der Waals surface area contributed by atoms with Crippen molar-refractivity contribution < 1.29 is 23.6 Å². The van der Waals surface area contributed by atoms with Crippen LogP contribution in [0.1, 0.15) is 63.5 Å². The van der Waals surface area contributed by atoms with E-state index < -0.39 is 5.97 Å². The van der Waals surface area contributed by atoms with E-state index in [0.717, 1.165) is 55.4 Å². The van der Waals surface area contributed by atoms with Crippen molar-refractivity contribution >= 4 is 17.8 Å². The number of carbonyl (C=O) groups excluding carboxylic acids is 3. The molecule has 1 heterocycles. The average molecular weight is 418 g/mol. The monoisotopic (exact) mass is 417 g/mol. The normalized spacial score (nSPS) is 16.6. The highest BCUT2D eigenvalue weighted by atomic mass is 16.6. The summed E-state index contributed by atoms with van der Waals surface area (Å²) in [4.78, 5) is 36.5. The third-order valence-corrected chi connectivity index (χ3v) is 6.00. The number of ether oxygens (including phenoxy) is 1. The molecule has 1 aromatic carbocycles. The Morgan fingerprint density at radius 1 is 1.07 bits per heavy atom. The Kier molecular flexibility index (Phi) is 9.03. The van der Waals surface area contributed by atoms with Crippen LogP contribution in [0.5, 0.6) is 0 Å². The summed E-state index contributed by atoms with van der Waals surface area (Å²) in [7, 11) is 4.45. The van der Waals surface area contributed by atoms with E-state index in [9.17, 15) is 14.4 Å². The standard InChI is InChI=1S/C24H37N2O4/c1-5-26(3,4)18-21-13-11-20(12-14-21)17-25(19(2)27)15-9-7-6-8-10-22-16-23(28)30-24(22)29/h11-14,22H,5-10,15-18H2,1-4H3/q+1. The molecule has 1 aliphatic rings. The molecule has 0 aromatic heterocycles. The Morgan fingerprint density at radius 2 is 1.70 bits per heavy atom. The largest absolute Gasteiger partial charge is 0.393 e. The smallest absolute Gasteiger partial charge is 0.317 e. The van der Waals surface area contributed by atoms with Gasteiger partial charge in [0.2, 0.25) is 5.91 Å². The second-order valence-corrected chi connectivity index (χ2v) is 9.06. The Balaban J connectivity index is 1.71. The second kappa shape index (κ2) is 11.3. The summed E-state index contributed by atoms with van der Waals surface area (Å²) in [5.74, 6) is -0.930. The molecule has 0 radical (unpaired) electrons. The number of esters is 2. The van der Waals surface area contributed by atoms with Gasteiger partial charge >= 0.3 is 11.9 Å². The van der Waals surface area contributed by atoms with Crippen LogP contribution in [0.25, 0.3) is 0 Å². The van der Waals surface area contributed by atoms with Gasteiger partial charge in [-0.25, -0.2) is 0 Å². The lowest BCUT2D eigenvalue weighted by atomic mass is 9.99. The molecule has 1 aromatic rings. The Bertz CT molecular complexity index is 727. The fourth-order valence-electron chi connectivity index (χ4n) is 3.71. The molecule has 2 rings (SSSR count). The molecule has 0 aliphatic carbocycles. The van der Waals surface area contributed by atoms with Crippen LogP contribution >= 0.6 is 0 Å². The third-order valence-electron chi connectivity index (χ3n) is 6.00. The highest BCUT2D eigenvalue weighted by molar-refractivity contribution is 5.94. The molecule has 0 N–H and O–H groups in total. The number of carbonyl (C=O) groups is 3. The zero-order chi connectivity index (χ0) is 22.1. The molecule has 30 heavy (non-hydrogen) atoms. The maximum absolute atomic E-state index is 12.0. The zero-order valence-corrected chi connectivity index (χ0v) is 19.0. The van der Waals surface area contributed by atoms with Gasteiger partial charge in [0.15, 0.2) is 0 Å². The van der Waals surface area contributed by atoms with Crippen molar-refractivity contribution in [2.75, 3.05) is 27.2 Å². The molecular formula is C24H37N2O4+. The van der Waals surface area contributed by atoms with Crippen LogP contribution in [-0.2, 0) is 32.2 Å². The molecule has 6 heteroatoms. The summed E-state index contributed by atoms with van der Waals surface area (Å²) in [5.41, 5.74) is 2.47. The Hall–Kier alpha value is -2.21.